The van der Waals surface area contributed by atoms with E-state index in [1.54, 1.807) is 0 Å². The molecule has 0 atom stereocenters. The normalized spacial score (nSPS) is 17.3. The Bertz CT molecular complexity index is 1040. The van der Waals surface area contributed by atoms with Crippen molar-refractivity contribution in [1.82, 2.24) is 25.0 Å². The molecule has 1 aromatic heterocycles. The quantitative estimate of drug-likeness (QED) is 0.687. The smallest absolute Gasteiger partial charge is 0.223 e. The zero-order chi connectivity index (χ0) is 20.3. The lowest BCUT2D eigenvalue weighted by molar-refractivity contribution is -0.127. The van der Waals surface area contributed by atoms with Crippen molar-refractivity contribution in [2.75, 3.05) is 19.6 Å². The van der Waals surface area contributed by atoms with Crippen molar-refractivity contribution in [2.24, 2.45) is 5.92 Å². The van der Waals surface area contributed by atoms with Crippen LogP contribution in [0, 0.1) is 5.92 Å². The molecule has 1 fully saturated rings. The average molecular weight is 404 g/mol. The summed E-state index contributed by atoms with van der Waals surface area (Å²) < 4.78 is 2.26. The largest absolute Gasteiger partial charge is 0.355 e. The summed E-state index contributed by atoms with van der Waals surface area (Å²) in [5.74, 6) is 2.50. The molecule has 1 saturated carbocycles. The molecule has 5 rings (SSSR count). The molecular formula is C24H29N5O. The third kappa shape index (κ3) is 4.10. The molecule has 1 aliphatic heterocycles. The van der Waals surface area contributed by atoms with E-state index < -0.39 is 0 Å². The predicted octanol–water partition coefficient (Wildman–Crippen LogP) is 2.95. The summed E-state index contributed by atoms with van der Waals surface area (Å²) in [5.41, 5.74) is 1.35. The predicted molar refractivity (Wildman–Crippen MR) is 117 cm³/mol. The fourth-order valence-corrected chi connectivity index (χ4v) is 4.48. The van der Waals surface area contributed by atoms with Crippen LogP contribution in [0.3, 0.4) is 0 Å². The number of amides is 1. The molecule has 156 valence electrons. The van der Waals surface area contributed by atoms with E-state index >= 15 is 0 Å². The topological polar surface area (TPSA) is 63.1 Å². The summed E-state index contributed by atoms with van der Waals surface area (Å²) in [5, 5.41) is 14.5. The van der Waals surface area contributed by atoms with Crippen LogP contribution < -0.4 is 5.32 Å². The molecule has 0 saturated heterocycles. The minimum atomic E-state index is 0.207. The summed E-state index contributed by atoms with van der Waals surface area (Å²) in [6.45, 7) is 4.48. The third-order valence-corrected chi connectivity index (χ3v) is 6.54. The molecule has 6 nitrogen and oxygen atoms in total. The van der Waals surface area contributed by atoms with E-state index in [0.717, 1.165) is 63.5 Å². The van der Waals surface area contributed by atoms with Gasteiger partial charge in [0.15, 0.2) is 0 Å². The lowest BCUT2D eigenvalue weighted by Gasteiger charge is -2.24. The van der Waals surface area contributed by atoms with Crippen LogP contribution in [0.5, 0.6) is 0 Å². The minimum absolute atomic E-state index is 0.207. The van der Waals surface area contributed by atoms with Gasteiger partial charge in [-0.15, -0.1) is 10.2 Å². The number of nitrogens with zero attached hydrogens (tertiary/aromatic N) is 4. The minimum Gasteiger partial charge on any atom is -0.355 e. The SMILES string of the molecule is O=C(NCCc1nnc2n1CCN(Cc1ccc3ccccc3c1)CC2)C1CCC1. The fourth-order valence-electron chi connectivity index (χ4n) is 4.48. The summed E-state index contributed by atoms with van der Waals surface area (Å²) in [6.07, 6.45) is 4.93. The van der Waals surface area contributed by atoms with Crippen molar-refractivity contribution in [1.29, 1.82) is 0 Å². The molecule has 6 heteroatoms. The van der Waals surface area contributed by atoms with E-state index in [2.05, 4.69) is 67.4 Å². The van der Waals surface area contributed by atoms with E-state index in [-0.39, 0.29) is 11.8 Å². The maximum absolute atomic E-state index is 12.0. The fraction of sp³-hybridized carbons (Fsp3) is 0.458. The first-order valence-corrected chi connectivity index (χ1v) is 11.1. The number of hydrogen-bond acceptors (Lipinski definition) is 4. The second kappa shape index (κ2) is 8.56. The first-order valence-electron chi connectivity index (χ1n) is 11.1. The zero-order valence-corrected chi connectivity index (χ0v) is 17.4. The molecule has 2 aromatic carbocycles. The monoisotopic (exact) mass is 403 g/mol. The van der Waals surface area contributed by atoms with Crippen molar-refractivity contribution < 1.29 is 4.79 Å². The molecule has 30 heavy (non-hydrogen) atoms. The van der Waals surface area contributed by atoms with E-state index in [9.17, 15) is 4.79 Å². The number of fused-ring (bicyclic) bond motifs is 2. The molecule has 2 heterocycles. The Hall–Kier alpha value is -2.73. The molecular weight excluding hydrogens is 374 g/mol. The van der Waals surface area contributed by atoms with Crippen LogP contribution in [0.2, 0.25) is 0 Å². The van der Waals surface area contributed by atoms with Crippen LogP contribution >= 0.6 is 0 Å². The van der Waals surface area contributed by atoms with Crippen LogP contribution in [0.4, 0.5) is 0 Å². The summed E-state index contributed by atoms with van der Waals surface area (Å²) in [7, 11) is 0. The van der Waals surface area contributed by atoms with Crippen LogP contribution in [0.25, 0.3) is 10.8 Å². The number of benzene rings is 2. The highest BCUT2D eigenvalue weighted by Crippen LogP contribution is 2.26. The van der Waals surface area contributed by atoms with Gasteiger partial charge in [0.2, 0.25) is 5.91 Å². The van der Waals surface area contributed by atoms with E-state index in [0.29, 0.717) is 6.54 Å². The second-order valence-electron chi connectivity index (χ2n) is 8.56. The van der Waals surface area contributed by atoms with Gasteiger partial charge in [0, 0.05) is 51.5 Å². The van der Waals surface area contributed by atoms with Crippen molar-refractivity contribution >= 4 is 16.7 Å². The number of carbonyl (C=O) groups is 1. The van der Waals surface area contributed by atoms with Crippen LogP contribution in [0.15, 0.2) is 42.5 Å². The van der Waals surface area contributed by atoms with Gasteiger partial charge in [0.05, 0.1) is 0 Å². The maximum atomic E-state index is 12.0. The summed E-state index contributed by atoms with van der Waals surface area (Å²) in [4.78, 5) is 14.5. The van der Waals surface area contributed by atoms with E-state index in [4.69, 9.17) is 0 Å². The molecule has 1 aliphatic carbocycles. The van der Waals surface area contributed by atoms with Crippen LogP contribution in [0.1, 0.15) is 36.5 Å². The number of carbonyl (C=O) groups excluding carboxylic acids is 1. The Labute approximate surface area is 177 Å². The van der Waals surface area contributed by atoms with Crippen molar-refractivity contribution in [3.8, 4) is 0 Å². The van der Waals surface area contributed by atoms with Gasteiger partial charge in [-0.05, 0) is 35.2 Å². The third-order valence-electron chi connectivity index (χ3n) is 6.54. The van der Waals surface area contributed by atoms with Gasteiger partial charge in [-0.3, -0.25) is 9.69 Å². The number of aromatic nitrogens is 3. The lowest BCUT2D eigenvalue weighted by Crippen LogP contribution is -2.35. The molecule has 2 aliphatic rings. The van der Waals surface area contributed by atoms with Gasteiger partial charge in [0.1, 0.15) is 11.6 Å². The standard InChI is InChI=1S/C24H29N5O/c30-24(20-6-3-7-20)25-12-10-22-26-27-23-11-13-28(14-15-29(22)23)17-18-8-9-19-4-1-2-5-21(19)16-18/h1-2,4-5,8-9,16,20H,3,6-7,10-15,17H2,(H,25,30). The number of rotatable bonds is 6. The van der Waals surface area contributed by atoms with Gasteiger partial charge in [-0.2, -0.15) is 0 Å². The first-order chi connectivity index (χ1) is 14.8. The van der Waals surface area contributed by atoms with Gasteiger partial charge < -0.3 is 9.88 Å². The van der Waals surface area contributed by atoms with Crippen LogP contribution in [-0.4, -0.2) is 45.2 Å². The lowest BCUT2D eigenvalue weighted by atomic mass is 9.85. The Balaban J connectivity index is 1.18. The van der Waals surface area contributed by atoms with Gasteiger partial charge in [0.25, 0.3) is 0 Å². The summed E-state index contributed by atoms with van der Waals surface area (Å²) in [6, 6.07) is 15.3. The van der Waals surface area contributed by atoms with Gasteiger partial charge in [-0.1, -0.05) is 42.8 Å². The number of nitrogens with one attached hydrogen (secondary N) is 1. The Morgan fingerprint density at radius 2 is 1.90 bits per heavy atom. The van der Waals surface area contributed by atoms with Gasteiger partial charge in [-0.25, -0.2) is 0 Å². The van der Waals surface area contributed by atoms with Crippen molar-refractivity contribution in [3.63, 3.8) is 0 Å². The maximum Gasteiger partial charge on any atom is 0.223 e. The highest BCUT2D eigenvalue weighted by atomic mass is 16.1. The Morgan fingerprint density at radius 1 is 1.03 bits per heavy atom. The second-order valence-corrected chi connectivity index (χ2v) is 8.56. The van der Waals surface area contributed by atoms with Gasteiger partial charge >= 0.3 is 0 Å². The molecule has 0 bridgehead atoms. The first kappa shape index (κ1) is 19.2. The Morgan fingerprint density at radius 3 is 2.73 bits per heavy atom. The van der Waals surface area contributed by atoms with Crippen LogP contribution in [-0.2, 0) is 30.7 Å². The molecule has 0 radical (unpaired) electrons. The van der Waals surface area contributed by atoms with Crippen molar-refractivity contribution in [2.45, 2.75) is 45.2 Å². The zero-order valence-electron chi connectivity index (χ0n) is 17.4. The molecule has 1 N–H and O–H groups in total. The highest BCUT2D eigenvalue weighted by Gasteiger charge is 2.25. The number of hydrogen-bond donors (Lipinski definition) is 1. The summed E-state index contributed by atoms with van der Waals surface area (Å²) >= 11 is 0. The molecule has 1 amide bonds. The average Bonchev–Trinajstić information content (AvgIpc) is 2.99. The Kier molecular flexibility index (Phi) is 5.49. The molecule has 0 spiro atoms. The molecule has 0 unspecified atom stereocenters. The highest BCUT2D eigenvalue weighted by molar-refractivity contribution is 5.83. The van der Waals surface area contributed by atoms with E-state index in [1.165, 1.54) is 22.8 Å². The van der Waals surface area contributed by atoms with Crippen molar-refractivity contribution in [3.05, 3.63) is 59.7 Å². The molecule has 3 aromatic rings. The van der Waals surface area contributed by atoms with E-state index in [1.807, 2.05) is 0 Å².